The zero-order valence-corrected chi connectivity index (χ0v) is 32.6. The second-order valence-electron chi connectivity index (χ2n) is 14.9. The summed E-state index contributed by atoms with van der Waals surface area (Å²) in [4.78, 5) is 23.4. The Balaban J connectivity index is 4.01. The molecule has 0 radical (unpaired) electrons. The summed E-state index contributed by atoms with van der Waals surface area (Å²) in [5, 5.41) is 8.76. The van der Waals surface area contributed by atoms with Crippen molar-refractivity contribution in [2.24, 2.45) is 0 Å². The van der Waals surface area contributed by atoms with Gasteiger partial charge < -0.3 is 9.84 Å². The van der Waals surface area contributed by atoms with Crippen LogP contribution >= 0.6 is 0 Å². The molecule has 284 valence electrons. The molecule has 0 amide bonds. The Bertz CT molecular complexity index is 687. The second-order valence-corrected chi connectivity index (χ2v) is 14.9. The fourth-order valence-electron chi connectivity index (χ4n) is 6.77. The number of carbonyl (C=O) groups is 2. The quantitative estimate of drug-likeness (QED) is 0.0398. The van der Waals surface area contributed by atoms with E-state index in [1.165, 1.54) is 173 Å². The Morgan fingerprint density at radius 1 is 0.438 bits per heavy atom. The van der Waals surface area contributed by atoms with E-state index in [0.29, 0.717) is 12.8 Å². The van der Waals surface area contributed by atoms with Gasteiger partial charge in [0.2, 0.25) is 0 Å². The van der Waals surface area contributed by atoms with Crippen LogP contribution in [0.3, 0.4) is 0 Å². The molecule has 1 unspecified atom stereocenters. The molecule has 0 aliphatic carbocycles. The zero-order valence-electron chi connectivity index (χ0n) is 32.6. The van der Waals surface area contributed by atoms with E-state index < -0.39 is 5.97 Å². The molecule has 0 heterocycles. The van der Waals surface area contributed by atoms with Crippen molar-refractivity contribution < 1.29 is 19.4 Å². The first-order chi connectivity index (χ1) is 23.6. The molecule has 0 aromatic rings. The van der Waals surface area contributed by atoms with Gasteiger partial charge in [-0.2, -0.15) is 0 Å². The van der Waals surface area contributed by atoms with Crippen LogP contribution in [0, 0.1) is 0 Å². The Morgan fingerprint density at radius 3 is 1.12 bits per heavy atom. The van der Waals surface area contributed by atoms with Gasteiger partial charge >= 0.3 is 11.9 Å². The van der Waals surface area contributed by atoms with Gasteiger partial charge in [-0.15, -0.1) is 0 Å². The van der Waals surface area contributed by atoms with Gasteiger partial charge in [0.25, 0.3) is 0 Å². The van der Waals surface area contributed by atoms with Gasteiger partial charge in [-0.3, -0.25) is 9.59 Å². The van der Waals surface area contributed by atoms with Crippen molar-refractivity contribution in [3.63, 3.8) is 0 Å². The molecule has 0 aromatic carbocycles. The highest BCUT2D eigenvalue weighted by atomic mass is 16.5. The summed E-state index contributed by atoms with van der Waals surface area (Å²) >= 11 is 0. The Labute approximate surface area is 300 Å². The van der Waals surface area contributed by atoms with E-state index in [0.717, 1.165) is 51.4 Å². The number of rotatable bonds is 40. The normalized spacial score (nSPS) is 12.2. The molecule has 0 saturated heterocycles. The van der Waals surface area contributed by atoms with Crippen LogP contribution < -0.4 is 0 Å². The Morgan fingerprint density at radius 2 is 0.750 bits per heavy atom. The third kappa shape index (κ3) is 39.1. The minimum atomic E-state index is -0.679. The summed E-state index contributed by atoms with van der Waals surface area (Å²) in [6.07, 6.45) is 49.6. The number of esters is 1. The lowest BCUT2D eigenvalue weighted by Crippen LogP contribution is -2.18. The summed E-state index contributed by atoms with van der Waals surface area (Å²) in [5.41, 5.74) is 0. The first-order valence-corrected chi connectivity index (χ1v) is 21.7. The number of aliphatic carboxylic acids is 1. The van der Waals surface area contributed by atoms with Crippen LogP contribution in [0.5, 0.6) is 0 Å². The fourth-order valence-corrected chi connectivity index (χ4v) is 6.77. The third-order valence-corrected chi connectivity index (χ3v) is 9.99. The highest BCUT2D eigenvalue weighted by Gasteiger charge is 2.14. The lowest BCUT2D eigenvalue weighted by molar-refractivity contribution is -0.150. The molecule has 0 rings (SSSR count). The standard InChI is InChI=1S/C44H84O4/c1-3-5-7-9-11-13-15-16-17-18-19-20-21-23-29-33-37-41-44(47)48-42(38-34-30-26-22-14-12-10-8-6-4-2)39-35-31-27-24-25-28-32-36-40-43(45)46/h16-17,42H,3-15,18-41H2,1-2H3,(H,45,46)/b17-16-. The molecule has 0 spiro atoms. The monoisotopic (exact) mass is 677 g/mol. The molecule has 0 bridgehead atoms. The fraction of sp³-hybridized carbons (Fsp3) is 0.909. The van der Waals surface area contributed by atoms with Gasteiger partial charge in [0.05, 0.1) is 0 Å². The summed E-state index contributed by atoms with van der Waals surface area (Å²) < 4.78 is 6.06. The smallest absolute Gasteiger partial charge is 0.306 e. The molecule has 0 fully saturated rings. The number of ether oxygens (including phenoxy) is 1. The minimum Gasteiger partial charge on any atom is -0.481 e. The van der Waals surface area contributed by atoms with Crippen LogP contribution in [-0.2, 0) is 14.3 Å². The van der Waals surface area contributed by atoms with Gasteiger partial charge in [0.15, 0.2) is 0 Å². The number of allylic oxidation sites excluding steroid dienone is 2. The molecule has 0 saturated carbocycles. The van der Waals surface area contributed by atoms with Crippen molar-refractivity contribution in [3.8, 4) is 0 Å². The van der Waals surface area contributed by atoms with Crippen LogP contribution in [0.1, 0.15) is 251 Å². The largest absolute Gasteiger partial charge is 0.481 e. The van der Waals surface area contributed by atoms with Crippen molar-refractivity contribution in [1.29, 1.82) is 0 Å². The van der Waals surface area contributed by atoms with Crippen LogP contribution in [-0.4, -0.2) is 23.1 Å². The van der Waals surface area contributed by atoms with Crippen molar-refractivity contribution in [2.45, 2.75) is 258 Å². The van der Waals surface area contributed by atoms with Crippen molar-refractivity contribution in [3.05, 3.63) is 12.2 Å². The van der Waals surface area contributed by atoms with Gasteiger partial charge in [0.1, 0.15) is 6.10 Å². The van der Waals surface area contributed by atoms with Crippen LogP contribution in [0.4, 0.5) is 0 Å². The van der Waals surface area contributed by atoms with Crippen molar-refractivity contribution in [1.82, 2.24) is 0 Å². The molecule has 48 heavy (non-hydrogen) atoms. The molecule has 0 aliphatic rings. The highest BCUT2D eigenvalue weighted by molar-refractivity contribution is 5.69. The maximum Gasteiger partial charge on any atom is 0.306 e. The molecule has 0 aromatic heterocycles. The highest BCUT2D eigenvalue weighted by Crippen LogP contribution is 2.19. The predicted molar refractivity (Wildman–Crippen MR) is 209 cm³/mol. The number of hydrogen-bond donors (Lipinski definition) is 1. The molecule has 0 aliphatic heterocycles. The third-order valence-electron chi connectivity index (χ3n) is 9.99. The second kappa shape index (κ2) is 40.1. The minimum absolute atomic E-state index is 0.0289. The van der Waals surface area contributed by atoms with E-state index in [1.54, 1.807) is 0 Å². The zero-order chi connectivity index (χ0) is 35.0. The van der Waals surface area contributed by atoms with E-state index in [9.17, 15) is 9.59 Å². The lowest BCUT2D eigenvalue weighted by atomic mass is 10.0. The average molecular weight is 677 g/mol. The van der Waals surface area contributed by atoms with E-state index in [2.05, 4.69) is 26.0 Å². The topological polar surface area (TPSA) is 63.6 Å². The summed E-state index contributed by atoms with van der Waals surface area (Å²) in [5.74, 6) is -0.650. The van der Waals surface area contributed by atoms with Crippen LogP contribution in [0.25, 0.3) is 0 Å². The molecular weight excluding hydrogens is 592 g/mol. The number of carboxylic acids is 1. The van der Waals surface area contributed by atoms with E-state index in [4.69, 9.17) is 9.84 Å². The Kier molecular flexibility index (Phi) is 39.0. The average Bonchev–Trinajstić information content (AvgIpc) is 3.07. The van der Waals surface area contributed by atoms with Gasteiger partial charge in [0, 0.05) is 12.8 Å². The lowest BCUT2D eigenvalue weighted by Gasteiger charge is -2.18. The van der Waals surface area contributed by atoms with Crippen LogP contribution in [0.2, 0.25) is 0 Å². The number of carbonyl (C=O) groups excluding carboxylic acids is 1. The van der Waals surface area contributed by atoms with E-state index in [-0.39, 0.29) is 12.1 Å². The summed E-state index contributed by atoms with van der Waals surface area (Å²) in [7, 11) is 0. The number of unbranched alkanes of at least 4 members (excludes halogenated alkanes) is 29. The van der Waals surface area contributed by atoms with Gasteiger partial charge in [-0.25, -0.2) is 0 Å². The van der Waals surface area contributed by atoms with E-state index >= 15 is 0 Å². The van der Waals surface area contributed by atoms with Crippen molar-refractivity contribution >= 4 is 11.9 Å². The van der Waals surface area contributed by atoms with Crippen LogP contribution in [0.15, 0.2) is 12.2 Å². The molecule has 4 nitrogen and oxygen atoms in total. The first kappa shape index (κ1) is 46.7. The van der Waals surface area contributed by atoms with E-state index in [1.807, 2.05) is 0 Å². The summed E-state index contributed by atoms with van der Waals surface area (Å²) in [6.45, 7) is 4.56. The maximum atomic E-state index is 12.7. The van der Waals surface area contributed by atoms with Crippen molar-refractivity contribution in [2.75, 3.05) is 0 Å². The molecular formula is C44H84O4. The Hall–Kier alpha value is -1.32. The molecule has 4 heteroatoms. The number of hydrogen-bond acceptors (Lipinski definition) is 3. The molecule has 1 atom stereocenters. The maximum absolute atomic E-state index is 12.7. The number of carboxylic acid groups (broad SMARTS) is 1. The SMILES string of the molecule is CCCCCCCC/C=C\CCCCCCCCCC(=O)OC(CCCCCCCCCCCC)CCCCCCCCCCC(=O)O. The van der Waals surface area contributed by atoms with Gasteiger partial charge in [-0.1, -0.05) is 187 Å². The molecule has 1 N–H and O–H groups in total. The summed E-state index contributed by atoms with van der Waals surface area (Å²) in [6, 6.07) is 0. The predicted octanol–water partition coefficient (Wildman–Crippen LogP) is 15.0. The van der Waals surface area contributed by atoms with Gasteiger partial charge in [-0.05, 0) is 64.2 Å². The first-order valence-electron chi connectivity index (χ1n) is 21.7.